The van der Waals surface area contributed by atoms with E-state index in [4.69, 9.17) is 0 Å². The van der Waals surface area contributed by atoms with Crippen LogP contribution in [0.3, 0.4) is 0 Å². The Balaban J connectivity index is 2.01. The van der Waals surface area contributed by atoms with E-state index >= 15 is 0 Å². The van der Waals surface area contributed by atoms with Gasteiger partial charge in [0.1, 0.15) is 5.82 Å². The molecule has 0 spiro atoms. The van der Waals surface area contributed by atoms with Gasteiger partial charge in [0.2, 0.25) is 0 Å². The first-order valence-corrected chi connectivity index (χ1v) is 7.65. The van der Waals surface area contributed by atoms with E-state index < -0.39 is 0 Å². The molecular formula is C11H19N3S2. The van der Waals surface area contributed by atoms with Crippen molar-refractivity contribution >= 4 is 23.5 Å². The van der Waals surface area contributed by atoms with Crippen molar-refractivity contribution in [3.05, 3.63) is 17.7 Å². The number of hydrogen-bond acceptors (Lipinski definition) is 4. The van der Waals surface area contributed by atoms with E-state index in [1.807, 2.05) is 25.0 Å². The van der Waals surface area contributed by atoms with E-state index in [-0.39, 0.29) is 0 Å². The van der Waals surface area contributed by atoms with Gasteiger partial charge in [0.25, 0.3) is 0 Å². The quantitative estimate of drug-likeness (QED) is 0.872. The van der Waals surface area contributed by atoms with Crippen molar-refractivity contribution in [1.82, 2.24) is 15.3 Å². The fourth-order valence-corrected chi connectivity index (χ4v) is 4.62. The molecule has 0 radical (unpaired) electrons. The van der Waals surface area contributed by atoms with Crippen LogP contribution < -0.4 is 5.32 Å². The molecule has 1 fully saturated rings. The van der Waals surface area contributed by atoms with Gasteiger partial charge < -0.3 is 10.3 Å². The predicted molar refractivity (Wildman–Crippen MR) is 73.1 cm³/mol. The Morgan fingerprint density at radius 1 is 1.50 bits per heavy atom. The molecule has 1 aliphatic rings. The Morgan fingerprint density at radius 3 is 3.00 bits per heavy atom. The minimum Gasteiger partial charge on any atom is -0.344 e. The van der Waals surface area contributed by atoms with Crippen molar-refractivity contribution in [2.75, 3.05) is 12.8 Å². The van der Waals surface area contributed by atoms with Gasteiger partial charge in [0.05, 0.1) is 5.25 Å². The predicted octanol–water partition coefficient (Wildman–Crippen LogP) is 2.43. The summed E-state index contributed by atoms with van der Waals surface area (Å²) < 4.78 is 0. The molecule has 1 saturated heterocycles. The van der Waals surface area contributed by atoms with Crippen LogP contribution in [0.25, 0.3) is 0 Å². The van der Waals surface area contributed by atoms with E-state index in [2.05, 4.69) is 40.9 Å². The number of nitrogens with zero attached hydrogens (tertiary/aromatic N) is 1. The van der Waals surface area contributed by atoms with Gasteiger partial charge in [-0.3, -0.25) is 0 Å². The highest BCUT2D eigenvalue weighted by molar-refractivity contribution is 8.07. The van der Waals surface area contributed by atoms with Crippen molar-refractivity contribution < 1.29 is 0 Å². The summed E-state index contributed by atoms with van der Waals surface area (Å²) >= 11 is 4.10. The lowest BCUT2D eigenvalue weighted by Crippen LogP contribution is -2.22. The Kier molecular flexibility index (Phi) is 4.21. The SMILES string of the molecule is CNCc1cnc(C2CSC(C)C(C)S2)[nH]1. The van der Waals surface area contributed by atoms with Gasteiger partial charge in [-0.2, -0.15) is 11.8 Å². The Morgan fingerprint density at radius 2 is 2.31 bits per heavy atom. The first-order valence-electron chi connectivity index (χ1n) is 5.66. The molecule has 1 aromatic rings. The lowest BCUT2D eigenvalue weighted by molar-refractivity contribution is 0.790. The fourth-order valence-electron chi connectivity index (χ4n) is 1.75. The van der Waals surface area contributed by atoms with E-state index in [9.17, 15) is 0 Å². The normalized spacial score (nSPS) is 30.6. The van der Waals surface area contributed by atoms with Crippen molar-refractivity contribution in [3.63, 3.8) is 0 Å². The zero-order valence-corrected chi connectivity index (χ0v) is 11.6. The molecule has 1 aromatic heterocycles. The topological polar surface area (TPSA) is 40.7 Å². The molecule has 0 aliphatic carbocycles. The molecule has 90 valence electrons. The number of rotatable bonds is 3. The number of aromatic nitrogens is 2. The number of aromatic amines is 1. The van der Waals surface area contributed by atoms with E-state index in [0.717, 1.165) is 17.6 Å². The zero-order chi connectivity index (χ0) is 11.5. The highest BCUT2D eigenvalue weighted by atomic mass is 32.2. The monoisotopic (exact) mass is 257 g/mol. The maximum absolute atomic E-state index is 4.49. The van der Waals surface area contributed by atoms with Crippen LogP contribution in [0.2, 0.25) is 0 Å². The number of H-pyrrole nitrogens is 1. The van der Waals surface area contributed by atoms with Crippen LogP contribution in [0.4, 0.5) is 0 Å². The van der Waals surface area contributed by atoms with Gasteiger partial charge in [-0.25, -0.2) is 4.98 Å². The van der Waals surface area contributed by atoms with Gasteiger partial charge in [-0.05, 0) is 7.05 Å². The summed E-state index contributed by atoms with van der Waals surface area (Å²) in [4.78, 5) is 7.90. The van der Waals surface area contributed by atoms with Gasteiger partial charge >= 0.3 is 0 Å². The Labute approximate surface area is 106 Å². The Bertz CT molecular complexity index is 340. The third-order valence-electron chi connectivity index (χ3n) is 2.87. The Hall–Kier alpha value is -0.130. The second-order valence-corrected chi connectivity index (χ2v) is 7.19. The first kappa shape index (κ1) is 12.3. The lowest BCUT2D eigenvalue weighted by Gasteiger charge is -2.30. The lowest BCUT2D eigenvalue weighted by atomic mass is 10.3. The minimum absolute atomic E-state index is 0.529. The van der Waals surface area contributed by atoms with Gasteiger partial charge in [-0.1, -0.05) is 13.8 Å². The second-order valence-electron chi connectivity index (χ2n) is 4.19. The summed E-state index contributed by atoms with van der Waals surface area (Å²) in [5, 5.41) is 5.13. The summed E-state index contributed by atoms with van der Waals surface area (Å²) in [5.41, 5.74) is 1.18. The molecule has 2 rings (SSSR count). The van der Waals surface area contributed by atoms with E-state index in [0.29, 0.717) is 10.5 Å². The smallest absolute Gasteiger partial charge is 0.120 e. The second kappa shape index (κ2) is 5.47. The molecule has 5 heteroatoms. The van der Waals surface area contributed by atoms with Crippen LogP contribution in [0.15, 0.2) is 6.20 Å². The highest BCUT2D eigenvalue weighted by Gasteiger charge is 2.28. The average molecular weight is 257 g/mol. The summed E-state index contributed by atoms with van der Waals surface area (Å²) in [6.07, 6.45) is 1.94. The average Bonchev–Trinajstić information content (AvgIpc) is 2.71. The van der Waals surface area contributed by atoms with E-state index in [1.165, 1.54) is 11.4 Å². The van der Waals surface area contributed by atoms with Crippen LogP contribution in [-0.4, -0.2) is 33.3 Å². The maximum Gasteiger partial charge on any atom is 0.120 e. The number of thioether (sulfide) groups is 2. The molecule has 0 amide bonds. The largest absolute Gasteiger partial charge is 0.344 e. The van der Waals surface area contributed by atoms with Crippen molar-refractivity contribution in [2.45, 2.75) is 36.1 Å². The number of nitrogens with one attached hydrogen (secondary N) is 2. The zero-order valence-electron chi connectivity index (χ0n) is 9.99. The molecule has 0 aromatic carbocycles. The van der Waals surface area contributed by atoms with Crippen LogP contribution in [0.5, 0.6) is 0 Å². The molecule has 0 bridgehead atoms. The summed E-state index contributed by atoms with van der Waals surface area (Å²) in [7, 11) is 1.95. The van der Waals surface area contributed by atoms with Gasteiger partial charge in [0.15, 0.2) is 0 Å². The summed E-state index contributed by atoms with van der Waals surface area (Å²) in [6, 6.07) is 0. The highest BCUT2D eigenvalue weighted by Crippen LogP contribution is 2.43. The maximum atomic E-state index is 4.49. The summed E-state index contributed by atoms with van der Waals surface area (Å²) in [5.74, 6) is 2.31. The molecular weight excluding hydrogens is 238 g/mol. The third-order valence-corrected chi connectivity index (χ3v) is 6.27. The summed E-state index contributed by atoms with van der Waals surface area (Å²) in [6.45, 7) is 5.49. The first-order chi connectivity index (χ1) is 7.70. The van der Waals surface area contributed by atoms with Crippen molar-refractivity contribution in [3.8, 4) is 0 Å². The molecule has 3 atom stereocenters. The standard InChI is InChI=1S/C11H19N3S2/c1-7-8(2)16-10(6-15-7)11-13-5-9(14-11)4-12-3/h5,7-8,10,12H,4,6H2,1-3H3,(H,13,14). The van der Waals surface area contributed by atoms with Crippen molar-refractivity contribution in [1.29, 1.82) is 0 Å². The number of hydrogen-bond donors (Lipinski definition) is 2. The minimum atomic E-state index is 0.529. The third kappa shape index (κ3) is 2.76. The van der Waals surface area contributed by atoms with Gasteiger partial charge in [-0.15, -0.1) is 11.8 Å². The van der Waals surface area contributed by atoms with Crippen LogP contribution in [0, 0.1) is 0 Å². The van der Waals surface area contributed by atoms with Crippen molar-refractivity contribution in [2.24, 2.45) is 0 Å². The number of imidazole rings is 1. The molecule has 1 aliphatic heterocycles. The van der Waals surface area contributed by atoms with Crippen LogP contribution in [0.1, 0.15) is 30.6 Å². The fraction of sp³-hybridized carbons (Fsp3) is 0.727. The molecule has 2 heterocycles. The van der Waals surface area contributed by atoms with E-state index in [1.54, 1.807) is 0 Å². The van der Waals surface area contributed by atoms with Crippen LogP contribution in [-0.2, 0) is 6.54 Å². The van der Waals surface area contributed by atoms with Gasteiger partial charge in [0, 0.05) is 34.7 Å². The molecule has 16 heavy (non-hydrogen) atoms. The molecule has 3 unspecified atom stereocenters. The van der Waals surface area contributed by atoms with Crippen LogP contribution >= 0.6 is 23.5 Å². The molecule has 3 nitrogen and oxygen atoms in total. The molecule has 2 N–H and O–H groups in total. The molecule has 0 saturated carbocycles.